The maximum absolute atomic E-state index is 14.7. The first-order chi connectivity index (χ1) is 15.4. The zero-order chi connectivity index (χ0) is 22.8. The number of carbonyl (C=O) groups is 1. The highest BCUT2D eigenvalue weighted by molar-refractivity contribution is 5.97. The standard InChI is InChI=1S/C23H22F2N2O5/c1-31-14-4-2-13(3-5-14)10-27-11-15(23(30)26-18-12-32-9-8-19(18)28)22(29)20-16(24)6-7-17(25)21(20)27/h2-7,11,18-19,28H,8-10,12H2,1H3,(H,26,30)/t18-,19-/m1/s1. The Labute approximate surface area is 182 Å². The molecule has 0 bridgehead atoms. The van der Waals surface area contributed by atoms with E-state index in [1.165, 1.54) is 17.9 Å². The Balaban J connectivity index is 1.79. The van der Waals surface area contributed by atoms with Gasteiger partial charge in [0, 0.05) is 19.3 Å². The van der Waals surface area contributed by atoms with Gasteiger partial charge < -0.3 is 24.5 Å². The highest BCUT2D eigenvalue weighted by Gasteiger charge is 2.28. The van der Waals surface area contributed by atoms with Gasteiger partial charge in [0.2, 0.25) is 5.43 Å². The van der Waals surface area contributed by atoms with Gasteiger partial charge in [-0.05, 0) is 36.2 Å². The topological polar surface area (TPSA) is 89.8 Å². The zero-order valence-corrected chi connectivity index (χ0v) is 17.3. The molecule has 2 N–H and O–H groups in total. The third kappa shape index (κ3) is 4.21. The molecule has 9 heteroatoms. The van der Waals surface area contributed by atoms with Crippen LogP contribution >= 0.6 is 0 Å². The van der Waals surface area contributed by atoms with Gasteiger partial charge in [0.25, 0.3) is 5.91 Å². The summed E-state index contributed by atoms with van der Waals surface area (Å²) in [6.07, 6.45) is 0.719. The molecule has 1 amide bonds. The molecule has 1 aromatic heterocycles. The lowest BCUT2D eigenvalue weighted by Crippen LogP contribution is -2.50. The van der Waals surface area contributed by atoms with Crippen LogP contribution in [0.3, 0.4) is 0 Å². The number of aliphatic hydroxyl groups excluding tert-OH is 1. The van der Waals surface area contributed by atoms with E-state index in [9.17, 15) is 23.5 Å². The molecule has 4 rings (SSSR count). The van der Waals surface area contributed by atoms with Crippen LogP contribution < -0.4 is 15.5 Å². The molecule has 1 aliphatic heterocycles. The molecule has 168 valence electrons. The number of aromatic nitrogens is 1. The van der Waals surface area contributed by atoms with Crippen LogP contribution in [0, 0.1) is 11.6 Å². The Hall–Kier alpha value is -3.30. The molecule has 7 nitrogen and oxygen atoms in total. The van der Waals surface area contributed by atoms with Crippen molar-refractivity contribution in [1.82, 2.24) is 9.88 Å². The fourth-order valence-corrected chi connectivity index (χ4v) is 3.78. The summed E-state index contributed by atoms with van der Waals surface area (Å²) < 4.78 is 41.0. The van der Waals surface area contributed by atoms with Gasteiger partial charge >= 0.3 is 0 Å². The second kappa shape index (κ2) is 9.05. The zero-order valence-electron chi connectivity index (χ0n) is 17.3. The SMILES string of the molecule is COc1ccc(Cn2cc(C(=O)N[C@@H]3COCC[C@H]3O)c(=O)c3c(F)ccc(F)c32)cc1. The molecule has 0 saturated carbocycles. The maximum Gasteiger partial charge on any atom is 0.257 e. The summed E-state index contributed by atoms with van der Waals surface area (Å²) in [4.78, 5) is 25.8. The van der Waals surface area contributed by atoms with Crippen molar-refractivity contribution in [3.8, 4) is 5.75 Å². The third-order valence-corrected chi connectivity index (χ3v) is 5.51. The van der Waals surface area contributed by atoms with Gasteiger partial charge in [0.1, 0.15) is 22.9 Å². The van der Waals surface area contributed by atoms with E-state index < -0.39 is 40.5 Å². The van der Waals surface area contributed by atoms with Crippen molar-refractivity contribution >= 4 is 16.8 Å². The third-order valence-electron chi connectivity index (χ3n) is 5.51. The number of aliphatic hydroxyl groups is 1. The first-order valence-electron chi connectivity index (χ1n) is 10.1. The fraction of sp³-hybridized carbons (Fsp3) is 0.304. The van der Waals surface area contributed by atoms with Crippen LogP contribution in [0.5, 0.6) is 5.75 Å². The normalized spacial score (nSPS) is 18.5. The van der Waals surface area contributed by atoms with Crippen LogP contribution in [0.15, 0.2) is 47.4 Å². The van der Waals surface area contributed by atoms with E-state index in [0.29, 0.717) is 18.8 Å². The van der Waals surface area contributed by atoms with Crippen molar-refractivity contribution in [2.45, 2.75) is 25.1 Å². The van der Waals surface area contributed by atoms with E-state index in [1.54, 1.807) is 24.3 Å². The molecule has 2 atom stereocenters. The number of nitrogens with one attached hydrogen (secondary N) is 1. The quantitative estimate of drug-likeness (QED) is 0.630. The highest BCUT2D eigenvalue weighted by atomic mass is 19.1. The molecule has 0 radical (unpaired) electrons. The Morgan fingerprint density at radius 1 is 1.22 bits per heavy atom. The van der Waals surface area contributed by atoms with Gasteiger partial charge in [-0.2, -0.15) is 0 Å². The van der Waals surface area contributed by atoms with E-state index in [0.717, 1.165) is 17.7 Å². The molecule has 2 aromatic carbocycles. The van der Waals surface area contributed by atoms with Crippen LogP contribution in [-0.4, -0.2) is 48.1 Å². The minimum Gasteiger partial charge on any atom is -0.497 e. The van der Waals surface area contributed by atoms with Gasteiger partial charge in [0.15, 0.2) is 0 Å². The summed E-state index contributed by atoms with van der Waals surface area (Å²) in [5, 5.41) is 12.1. The van der Waals surface area contributed by atoms with Crippen LogP contribution in [0.4, 0.5) is 8.78 Å². The van der Waals surface area contributed by atoms with E-state index in [4.69, 9.17) is 9.47 Å². The number of nitrogens with zero attached hydrogens (tertiary/aromatic N) is 1. The Morgan fingerprint density at radius 2 is 1.94 bits per heavy atom. The molecule has 2 heterocycles. The minimum absolute atomic E-state index is 0.0800. The van der Waals surface area contributed by atoms with E-state index in [1.807, 2.05) is 0 Å². The first-order valence-corrected chi connectivity index (χ1v) is 10.1. The summed E-state index contributed by atoms with van der Waals surface area (Å²) in [7, 11) is 1.53. The Morgan fingerprint density at radius 3 is 2.62 bits per heavy atom. The number of fused-ring (bicyclic) bond motifs is 1. The predicted octanol–water partition coefficient (Wildman–Crippen LogP) is 2.22. The van der Waals surface area contributed by atoms with Gasteiger partial charge in [-0.3, -0.25) is 9.59 Å². The molecule has 32 heavy (non-hydrogen) atoms. The van der Waals surface area contributed by atoms with Gasteiger partial charge in [-0.15, -0.1) is 0 Å². The largest absolute Gasteiger partial charge is 0.497 e. The molecular formula is C23H22F2N2O5. The lowest BCUT2D eigenvalue weighted by molar-refractivity contribution is -0.0140. The lowest BCUT2D eigenvalue weighted by atomic mass is 10.1. The van der Waals surface area contributed by atoms with Crippen molar-refractivity contribution < 1.29 is 28.2 Å². The average molecular weight is 444 g/mol. The van der Waals surface area contributed by atoms with Crippen molar-refractivity contribution in [1.29, 1.82) is 0 Å². The van der Waals surface area contributed by atoms with Crippen LogP contribution in [-0.2, 0) is 11.3 Å². The summed E-state index contributed by atoms with van der Waals surface area (Å²) in [5.74, 6) is -1.87. The fourth-order valence-electron chi connectivity index (χ4n) is 3.78. The van der Waals surface area contributed by atoms with E-state index >= 15 is 0 Å². The molecule has 0 spiro atoms. The predicted molar refractivity (Wildman–Crippen MR) is 113 cm³/mol. The summed E-state index contributed by atoms with van der Waals surface area (Å²) in [6, 6.07) is 8.02. The lowest BCUT2D eigenvalue weighted by Gasteiger charge is -2.28. The minimum atomic E-state index is -0.925. The number of rotatable bonds is 5. The number of hydrogen-bond donors (Lipinski definition) is 2. The van der Waals surface area contributed by atoms with Crippen LogP contribution in [0.2, 0.25) is 0 Å². The van der Waals surface area contributed by atoms with Gasteiger partial charge in [-0.1, -0.05) is 12.1 Å². The van der Waals surface area contributed by atoms with Gasteiger partial charge in [-0.25, -0.2) is 8.78 Å². The smallest absolute Gasteiger partial charge is 0.257 e. The number of halogens is 2. The molecule has 0 unspecified atom stereocenters. The Kier molecular flexibility index (Phi) is 6.20. The number of carbonyl (C=O) groups excluding carboxylic acids is 1. The second-order valence-electron chi connectivity index (χ2n) is 7.61. The molecular weight excluding hydrogens is 422 g/mol. The number of ether oxygens (including phenoxy) is 2. The maximum atomic E-state index is 14.7. The average Bonchev–Trinajstić information content (AvgIpc) is 2.79. The summed E-state index contributed by atoms with van der Waals surface area (Å²) >= 11 is 0. The first kappa shape index (κ1) is 21.9. The summed E-state index contributed by atoms with van der Waals surface area (Å²) in [6.45, 7) is 0.531. The van der Waals surface area contributed by atoms with Crippen LogP contribution in [0.25, 0.3) is 10.9 Å². The monoisotopic (exact) mass is 444 g/mol. The van der Waals surface area contributed by atoms with Crippen LogP contribution in [0.1, 0.15) is 22.3 Å². The number of hydrogen-bond acceptors (Lipinski definition) is 5. The van der Waals surface area contributed by atoms with E-state index in [2.05, 4.69) is 5.32 Å². The molecule has 0 aliphatic carbocycles. The highest BCUT2D eigenvalue weighted by Crippen LogP contribution is 2.22. The van der Waals surface area contributed by atoms with Crippen molar-refractivity contribution in [3.05, 3.63) is 75.6 Å². The number of amides is 1. The second-order valence-corrected chi connectivity index (χ2v) is 7.61. The van der Waals surface area contributed by atoms with Crippen molar-refractivity contribution in [2.24, 2.45) is 0 Å². The molecule has 1 aliphatic rings. The van der Waals surface area contributed by atoms with E-state index in [-0.39, 0.29) is 24.2 Å². The van der Waals surface area contributed by atoms with Crippen molar-refractivity contribution in [3.63, 3.8) is 0 Å². The molecule has 3 aromatic rings. The summed E-state index contributed by atoms with van der Waals surface area (Å²) in [5.41, 5.74) is -0.787. The number of benzene rings is 2. The van der Waals surface area contributed by atoms with Crippen molar-refractivity contribution in [2.75, 3.05) is 20.3 Å². The number of pyridine rings is 1. The molecule has 1 fully saturated rings. The molecule has 1 saturated heterocycles. The van der Waals surface area contributed by atoms with Gasteiger partial charge in [0.05, 0.1) is 36.8 Å². The Bertz CT molecular complexity index is 1210. The number of methoxy groups -OCH3 is 1.